The van der Waals surface area contributed by atoms with Crippen LogP contribution in [0.2, 0.25) is 0 Å². The largest absolute Gasteiger partial charge is 0.497 e. The number of rotatable bonds is 3. The van der Waals surface area contributed by atoms with Gasteiger partial charge in [-0.2, -0.15) is 15.0 Å². The lowest BCUT2D eigenvalue weighted by Gasteiger charge is -2.09. The molecule has 1 heterocycles. The van der Waals surface area contributed by atoms with E-state index in [4.69, 9.17) is 15.1 Å². The third-order valence-corrected chi connectivity index (χ3v) is 2.97. The van der Waals surface area contributed by atoms with E-state index < -0.39 is 17.1 Å². The fraction of sp³-hybridized carbons (Fsp3) is 0.143. The molecular weight excluding hydrogens is 274 g/mol. The summed E-state index contributed by atoms with van der Waals surface area (Å²) in [6.45, 7) is 1.38. The number of hydrogen-bond donors (Lipinski definition) is 1. The first-order valence-electron chi connectivity index (χ1n) is 5.91. The number of benzene rings is 1. The highest BCUT2D eigenvalue weighted by atomic mass is 16.5. The van der Waals surface area contributed by atoms with Crippen molar-refractivity contribution in [1.29, 1.82) is 5.26 Å². The topological polar surface area (TPSA) is 105 Å². The van der Waals surface area contributed by atoms with Crippen LogP contribution in [0.5, 0.6) is 5.75 Å². The normalized spacial score (nSPS) is 9.95. The summed E-state index contributed by atoms with van der Waals surface area (Å²) < 4.78 is 5.90. The van der Waals surface area contributed by atoms with E-state index in [2.05, 4.69) is 5.10 Å². The van der Waals surface area contributed by atoms with E-state index in [9.17, 15) is 9.59 Å². The van der Waals surface area contributed by atoms with Crippen molar-refractivity contribution in [3.05, 3.63) is 51.4 Å². The minimum absolute atomic E-state index is 0.0553. The number of carbonyl (C=O) groups is 1. The van der Waals surface area contributed by atoms with Crippen LogP contribution in [0.1, 0.15) is 21.6 Å². The summed E-state index contributed by atoms with van der Waals surface area (Å²) in [5.74, 6) is -0.809. The van der Waals surface area contributed by atoms with Gasteiger partial charge in [0.15, 0.2) is 5.69 Å². The molecule has 21 heavy (non-hydrogen) atoms. The standard InChI is InChI=1S/C14H11N3O4/c1-8-11(7-15)16-17(13(18)12(8)14(19)20)9-3-5-10(21-2)6-4-9/h3-6H,1-2H3,(H,19,20). The Morgan fingerprint density at radius 3 is 2.48 bits per heavy atom. The molecular formula is C14H11N3O4. The minimum Gasteiger partial charge on any atom is -0.497 e. The van der Waals surface area contributed by atoms with Crippen molar-refractivity contribution in [1.82, 2.24) is 9.78 Å². The van der Waals surface area contributed by atoms with Gasteiger partial charge in [0.1, 0.15) is 17.4 Å². The van der Waals surface area contributed by atoms with Crippen molar-refractivity contribution < 1.29 is 14.6 Å². The van der Waals surface area contributed by atoms with Gasteiger partial charge in [-0.25, -0.2) is 4.79 Å². The second-order valence-electron chi connectivity index (χ2n) is 4.18. The number of carboxylic acids is 1. The van der Waals surface area contributed by atoms with Gasteiger partial charge in [-0.1, -0.05) is 0 Å². The highest BCUT2D eigenvalue weighted by molar-refractivity contribution is 5.89. The van der Waals surface area contributed by atoms with Crippen LogP contribution in [-0.4, -0.2) is 28.0 Å². The third kappa shape index (κ3) is 2.47. The molecule has 1 N–H and O–H groups in total. The summed E-state index contributed by atoms with van der Waals surface area (Å²) >= 11 is 0. The Kier molecular flexibility index (Phi) is 3.71. The molecule has 7 heteroatoms. The lowest BCUT2D eigenvalue weighted by molar-refractivity contribution is 0.0693. The summed E-state index contributed by atoms with van der Waals surface area (Å²) in [6, 6.07) is 8.11. The van der Waals surface area contributed by atoms with E-state index in [1.165, 1.54) is 14.0 Å². The number of hydrogen-bond acceptors (Lipinski definition) is 5. The molecule has 0 aliphatic rings. The zero-order valence-corrected chi connectivity index (χ0v) is 11.3. The Hall–Kier alpha value is -3.14. The molecule has 0 unspecified atom stereocenters. The molecule has 1 aromatic carbocycles. The monoisotopic (exact) mass is 285 g/mol. The summed E-state index contributed by atoms with van der Waals surface area (Å²) in [7, 11) is 1.50. The van der Waals surface area contributed by atoms with Gasteiger partial charge < -0.3 is 9.84 Å². The Morgan fingerprint density at radius 1 is 1.38 bits per heavy atom. The molecule has 0 radical (unpaired) electrons. The molecule has 0 saturated carbocycles. The molecule has 2 aromatic rings. The maximum Gasteiger partial charge on any atom is 0.341 e. The van der Waals surface area contributed by atoms with Crippen molar-refractivity contribution in [2.45, 2.75) is 6.92 Å². The van der Waals surface area contributed by atoms with Crippen LogP contribution in [0, 0.1) is 18.3 Å². The van der Waals surface area contributed by atoms with Gasteiger partial charge in [-0.15, -0.1) is 0 Å². The van der Waals surface area contributed by atoms with E-state index in [-0.39, 0.29) is 11.3 Å². The van der Waals surface area contributed by atoms with Crippen molar-refractivity contribution in [3.8, 4) is 17.5 Å². The maximum atomic E-state index is 12.2. The number of aromatic nitrogens is 2. The molecule has 0 saturated heterocycles. The lowest BCUT2D eigenvalue weighted by atomic mass is 10.1. The van der Waals surface area contributed by atoms with E-state index in [0.29, 0.717) is 11.4 Å². The number of nitriles is 1. The van der Waals surface area contributed by atoms with Gasteiger partial charge in [-0.05, 0) is 31.2 Å². The number of methoxy groups -OCH3 is 1. The average Bonchev–Trinajstić information content (AvgIpc) is 2.47. The lowest BCUT2D eigenvalue weighted by Crippen LogP contribution is -2.30. The first-order chi connectivity index (χ1) is 9.99. The molecule has 0 aliphatic heterocycles. The number of nitrogens with zero attached hydrogens (tertiary/aromatic N) is 3. The highest BCUT2D eigenvalue weighted by Crippen LogP contribution is 2.14. The van der Waals surface area contributed by atoms with Gasteiger partial charge in [-0.3, -0.25) is 4.79 Å². The Bertz CT molecular complexity index is 801. The van der Waals surface area contributed by atoms with Crippen LogP contribution in [0.25, 0.3) is 5.69 Å². The quantitative estimate of drug-likeness (QED) is 0.905. The molecule has 0 spiro atoms. The van der Waals surface area contributed by atoms with Gasteiger partial charge in [0.2, 0.25) is 0 Å². The van der Waals surface area contributed by atoms with Crippen LogP contribution in [0.15, 0.2) is 29.1 Å². The number of ether oxygens (including phenoxy) is 1. The molecule has 0 bridgehead atoms. The summed E-state index contributed by atoms with van der Waals surface area (Å²) in [5, 5.41) is 22.1. The van der Waals surface area contributed by atoms with E-state index in [0.717, 1.165) is 4.68 Å². The first-order valence-corrected chi connectivity index (χ1v) is 5.91. The average molecular weight is 285 g/mol. The molecule has 1 aromatic heterocycles. The molecule has 0 aliphatic carbocycles. The van der Waals surface area contributed by atoms with Gasteiger partial charge >= 0.3 is 5.97 Å². The Balaban J connectivity index is 2.74. The summed E-state index contributed by atoms with van der Waals surface area (Å²) in [6.07, 6.45) is 0. The first kappa shape index (κ1) is 14.3. The van der Waals surface area contributed by atoms with Gasteiger partial charge in [0.25, 0.3) is 5.56 Å². The third-order valence-electron chi connectivity index (χ3n) is 2.97. The Labute approximate surface area is 119 Å². The van der Waals surface area contributed by atoms with Crippen molar-refractivity contribution in [2.24, 2.45) is 0 Å². The predicted molar refractivity (Wildman–Crippen MR) is 72.8 cm³/mol. The molecule has 106 valence electrons. The van der Waals surface area contributed by atoms with E-state index in [1.807, 2.05) is 0 Å². The van der Waals surface area contributed by atoms with Crippen LogP contribution in [0.3, 0.4) is 0 Å². The SMILES string of the molecule is COc1ccc(-n2nc(C#N)c(C)c(C(=O)O)c2=O)cc1. The van der Waals surface area contributed by atoms with Crippen molar-refractivity contribution in [3.63, 3.8) is 0 Å². The number of carboxylic acid groups (broad SMARTS) is 1. The minimum atomic E-state index is -1.39. The predicted octanol–water partition coefficient (Wildman–Crippen LogP) is 1.12. The summed E-state index contributed by atoms with van der Waals surface area (Å²) in [5.41, 5.74) is -0.955. The zero-order valence-electron chi connectivity index (χ0n) is 11.3. The summed E-state index contributed by atoms with van der Waals surface area (Å²) in [4.78, 5) is 23.5. The van der Waals surface area contributed by atoms with Crippen LogP contribution < -0.4 is 10.3 Å². The fourth-order valence-electron chi connectivity index (χ4n) is 1.86. The highest BCUT2D eigenvalue weighted by Gasteiger charge is 2.20. The molecule has 0 amide bonds. The molecule has 7 nitrogen and oxygen atoms in total. The van der Waals surface area contributed by atoms with Crippen molar-refractivity contribution >= 4 is 5.97 Å². The van der Waals surface area contributed by atoms with Crippen LogP contribution >= 0.6 is 0 Å². The second kappa shape index (κ2) is 5.46. The second-order valence-corrected chi connectivity index (χ2v) is 4.18. The molecule has 0 atom stereocenters. The Morgan fingerprint density at radius 2 is 2.00 bits per heavy atom. The van der Waals surface area contributed by atoms with Crippen LogP contribution in [-0.2, 0) is 0 Å². The van der Waals surface area contributed by atoms with E-state index >= 15 is 0 Å². The van der Waals surface area contributed by atoms with Crippen molar-refractivity contribution in [2.75, 3.05) is 7.11 Å². The smallest absolute Gasteiger partial charge is 0.341 e. The number of aromatic carboxylic acids is 1. The fourth-order valence-corrected chi connectivity index (χ4v) is 1.86. The van der Waals surface area contributed by atoms with Crippen LogP contribution in [0.4, 0.5) is 0 Å². The molecule has 0 fully saturated rings. The van der Waals surface area contributed by atoms with Gasteiger partial charge in [0, 0.05) is 5.56 Å². The van der Waals surface area contributed by atoms with Gasteiger partial charge in [0.05, 0.1) is 12.8 Å². The zero-order chi connectivity index (χ0) is 15.6. The molecule has 2 rings (SSSR count). The van der Waals surface area contributed by atoms with E-state index in [1.54, 1.807) is 30.3 Å². The maximum absolute atomic E-state index is 12.2.